The number of alkyl halides is 1. The number of hydrogen-bond acceptors (Lipinski definition) is 2. The summed E-state index contributed by atoms with van der Waals surface area (Å²) >= 11 is 6.10. The first-order valence-corrected chi connectivity index (χ1v) is 5.21. The monoisotopic (exact) mass is 206 g/mol. The van der Waals surface area contributed by atoms with Crippen molar-refractivity contribution in [1.29, 1.82) is 0 Å². The average molecular weight is 207 g/mol. The average Bonchev–Trinajstić information content (AvgIpc) is 1.78. The summed E-state index contributed by atoms with van der Waals surface area (Å²) in [5, 5.41) is 6.64. The molecule has 0 bridgehead atoms. The van der Waals surface area contributed by atoms with Gasteiger partial charge in [0.1, 0.15) is 0 Å². The zero-order valence-electron chi connectivity index (χ0n) is 9.66. The van der Waals surface area contributed by atoms with Crippen molar-refractivity contribution in [2.24, 2.45) is 0 Å². The Morgan fingerprint density at radius 1 is 1.00 bits per heavy atom. The highest BCUT2D eigenvalue weighted by Crippen LogP contribution is 2.05. The molecule has 0 rings (SSSR count). The van der Waals surface area contributed by atoms with Crippen LogP contribution in [0.3, 0.4) is 0 Å². The summed E-state index contributed by atoms with van der Waals surface area (Å²) in [6.07, 6.45) is 0. The maximum absolute atomic E-state index is 6.10. The Hall–Kier alpha value is 0.210. The van der Waals surface area contributed by atoms with Gasteiger partial charge in [0.2, 0.25) is 0 Å². The number of hydrogen-bond donors (Lipinski definition) is 2. The fourth-order valence-electron chi connectivity index (χ4n) is 0.917. The Kier molecular flexibility index (Phi) is 4.70. The molecule has 0 fully saturated rings. The van der Waals surface area contributed by atoms with Gasteiger partial charge < -0.3 is 5.32 Å². The minimum Gasteiger partial charge on any atom is -0.309 e. The van der Waals surface area contributed by atoms with Crippen LogP contribution in [-0.2, 0) is 0 Å². The standard InChI is InChI=1S/C10H23ClN2/c1-9(2,3)12-7-8(11)13-10(4,5)6/h8,12-13H,7H2,1-6H3. The van der Waals surface area contributed by atoms with E-state index in [1.807, 2.05) is 0 Å². The molecule has 0 saturated heterocycles. The van der Waals surface area contributed by atoms with E-state index in [4.69, 9.17) is 11.6 Å². The van der Waals surface area contributed by atoms with Crippen molar-refractivity contribution < 1.29 is 0 Å². The first kappa shape index (κ1) is 13.2. The van der Waals surface area contributed by atoms with Crippen LogP contribution in [0.2, 0.25) is 0 Å². The summed E-state index contributed by atoms with van der Waals surface area (Å²) in [5.41, 5.74) is 0.192. The molecule has 0 heterocycles. The molecule has 80 valence electrons. The van der Waals surface area contributed by atoms with E-state index in [-0.39, 0.29) is 16.6 Å². The summed E-state index contributed by atoms with van der Waals surface area (Å²) in [4.78, 5) is 0. The van der Waals surface area contributed by atoms with Gasteiger partial charge in [0.05, 0.1) is 5.50 Å². The molecule has 0 aromatic carbocycles. The van der Waals surface area contributed by atoms with Gasteiger partial charge in [-0.1, -0.05) is 0 Å². The largest absolute Gasteiger partial charge is 0.309 e. The number of nitrogens with one attached hydrogen (secondary N) is 2. The van der Waals surface area contributed by atoms with E-state index in [9.17, 15) is 0 Å². The molecular weight excluding hydrogens is 184 g/mol. The van der Waals surface area contributed by atoms with Crippen LogP contribution in [0.25, 0.3) is 0 Å². The van der Waals surface area contributed by atoms with Crippen molar-refractivity contribution in [2.45, 2.75) is 58.1 Å². The van der Waals surface area contributed by atoms with Crippen LogP contribution in [-0.4, -0.2) is 23.1 Å². The molecule has 3 heteroatoms. The van der Waals surface area contributed by atoms with Gasteiger partial charge in [-0.15, -0.1) is 11.6 Å². The Morgan fingerprint density at radius 2 is 1.46 bits per heavy atom. The quantitative estimate of drug-likeness (QED) is 0.547. The van der Waals surface area contributed by atoms with Crippen LogP contribution in [0.1, 0.15) is 41.5 Å². The number of rotatable bonds is 3. The maximum atomic E-state index is 6.10. The molecule has 0 spiro atoms. The van der Waals surface area contributed by atoms with E-state index in [0.717, 1.165) is 6.54 Å². The second-order valence-corrected chi connectivity index (χ2v) is 6.02. The molecule has 0 saturated carbocycles. The van der Waals surface area contributed by atoms with Gasteiger partial charge in [-0.25, -0.2) is 0 Å². The van der Waals surface area contributed by atoms with Gasteiger partial charge in [0, 0.05) is 17.6 Å². The van der Waals surface area contributed by atoms with Crippen LogP contribution in [0, 0.1) is 0 Å². The lowest BCUT2D eigenvalue weighted by molar-refractivity contribution is 0.363. The zero-order valence-corrected chi connectivity index (χ0v) is 10.4. The van der Waals surface area contributed by atoms with Crippen LogP contribution < -0.4 is 10.6 Å². The highest BCUT2D eigenvalue weighted by molar-refractivity contribution is 6.20. The van der Waals surface area contributed by atoms with Gasteiger partial charge >= 0.3 is 0 Å². The first-order chi connectivity index (χ1) is 5.60. The zero-order chi connectivity index (χ0) is 10.7. The molecule has 0 aliphatic heterocycles. The molecule has 0 aromatic heterocycles. The molecule has 1 unspecified atom stereocenters. The predicted octanol–water partition coefficient (Wildman–Crippen LogP) is 2.33. The Bertz CT molecular complexity index is 144. The molecule has 0 amide bonds. The Balaban J connectivity index is 3.70. The second-order valence-electron chi connectivity index (χ2n) is 5.49. The minimum atomic E-state index is -0.0146. The lowest BCUT2D eigenvalue weighted by Crippen LogP contribution is -2.48. The van der Waals surface area contributed by atoms with Crippen molar-refractivity contribution in [3.05, 3.63) is 0 Å². The molecule has 1 atom stereocenters. The van der Waals surface area contributed by atoms with E-state index in [0.29, 0.717) is 0 Å². The van der Waals surface area contributed by atoms with Crippen LogP contribution >= 0.6 is 11.6 Å². The van der Waals surface area contributed by atoms with E-state index in [2.05, 4.69) is 52.2 Å². The smallest absolute Gasteiger partial charge is 0.0955 e. The van der Waals surface area contributed by atoms with Gasteiger partial charge in [-0.3, -0.25) is 5.32 Å². The van der Waals surface area contributed by atoms with Crippen molar-refractivity contribution in [3.8, 4) is 0 Å². The number of halogens is 1. The Morgan fingerprint density at radius 3 is 1.77 bits per heavy atom. The highest BCUT2D eigenvalue weighted by atomic mass is 35.5. The van der Waals surface area contributed by atoms with Gasteiger partial charge in [-0.2, -0.15) is 0 Å². The predicted molar refractivity (Wildman–Crippen MR) is 60.3 cm³/mol. The van der Waals surface area contributed by atoms with Crippen LogP contribution in [0.4, 0.5) is 0 Å². The third-order valence-electron chi connectivity index (χ3n) is 1.40. The molecule has 0 aliphatic rings. The molecule has 13 heavy (non-hydrogen) atoms. The van der Waals surface area contributed by atoms with Crippen molar-refractivity contribution in [2.75, 3.05) is 6.54 Å². The fourth-order valence-corrected chi connectivity index (χ4v) is 1.32. The molecule has 2 nitrogen and oxygen atoms in total. The Labute approximate surface area is 87.4 Å². The summed E-state index contributed by atoms with van der Waals surface area (Å²) < 4.78 is 0. The van der Waals surface area contributed by atoms with E-state index in [1.54, 1.807) is 0 Å². The van der Waals surface area contributed by atoms with Crippen LogP contribution in [0.5, 0.6) is 0 Å². The fraction of sp³-hybridized carbons (Fsp3) is 1.00. The summed E-state index contributed by atoms with van der Waals surface area (Å²) in [6, 6.07) is 0. The molecule has 0 aromatic rings. The first-order valence-electron chi connectivity index (χ1n) is 4.77. The van der Waals surface area contributed by atoms with Crippen LogP contribution in [0.15, 0.2) is 0 Å². The van der Waals surface area contributed by atoms with Gasteiger partial charge in [0.15, 0.2) is 0 Å². The maximum Gasteiger partial charge on any atom is 0.0955 e. The summed E-state index contributed by atoms with van der Waals surface area (Å²) in [7, 11) is 0. The molecule has 0 radical (unpaired) electrons. The van der Waals surface area contributed by atoms with Crippen molar-refractivity contribution >= 4 is 11.6 Å². The SMILES string of the molecule is CC(C)(C)NCC(Cl)NC(C)(C)C. The van der Waals surface area contributed by atoms with E-state index >= 15 is 0 Å². The molecular formula is C10H23ClN2. The summed E-state index contributed by atoms with van der Waals surface area (Å²) in [5.74, 6) is 0. The van der Waals surface area contributed by atoms with Crippen molar-refractivity contribution in [3.63, 3.8) is 0 Å². The second kappa shape index (κ2) is 4.63. The topological polar surface area (TPSA) is 24.1 Å². The van der Waals surface area contributed by atoms with Gasteiger partial charge in [-0.05, 0) is 41.5 Å². The lowest BCUT2D eigenvalue weighted by Gasteiger charge is -2.28. The van der Waals surface area contributed by atoms with E-state index < -0.39 is 0 Å². The lowest BCUT2D eigenvalue weighted by atomic mass is 10.1. The third-order valence-corrected chi connectivity index (χ3v) is 1.66. The highest BCUT2D eigenvalue weighted by Gasteiger charge is 2.17. The normalized spacial score (nSPS) is 15.9. The van der Waals surface area contributed by atoms with E-state index in [1.165, 1.54) is 0 Å². The molecule has 2 N–H and O–H groups in total. The minimum absolute atomic E-state index is 0.0146. The summed E-state index contributed by atoms with van der Waals surface area (Å²) in [6.45, 7) is 13.5. The molecule has 0 aliphatic carbocycles. The van der Waals surface area contributed by atoms with Gasteiger partial charge in [0.25, 0.3) is 0 Å². The van der Waals surface area contributed by atoms with Crippen molar-refractivity contribution in [1.82, 2.24) is 10.6 Å². The third kappa shape index (κ3) is 10.1.